The Labute approximate surface area is 83.7 Å². The van der Waals surface area contributed by atoms with Crippen molar-refractivity contribution in [2.24, 2.45) is 11.8 Å². The summed E-state index contributed by atoms with van der Waals surface area (Å²) in [6.07, 6.45) is 4.78. The Balaban J connectivity index is 4.24. The Kier molecular flexibility index (Phi) is 5.77. The van der Waals surface area contributed by atoms with Crippen molar-refractivity contribution in [1.82, 2.24) is 0 Å². The Morgan fingerprint density at radius 1 is 1.31 bits per heavy atom. The molecule has 0 heterocycles. The normalized spacial score (nSPS) is 14.8. The maximum Gasteiger partial charge on any atom is -0.00243 e. The highest BCUT2D eigenvalue weighted by Gasteiger charge is 2.10. The molecule has 0 aromatic heterocycles. The number of rotatable bonds is 5. The molecule has 0 aromatic carbocycles. The van der Waals surface area contributed by atoms with Crippen molar-refractivity contribution in [3.05, 3.63) is 23.8 Å². The van der Waals surface area contributed by atoms with Gasteiger partial charge in [-0.3, -0.25) is 0 Å². The molecule has 0 fully saturated rings. The molecule has 0 nitrogen and oxygen atoms in total. The van der Waals surface area contributed by atoms with Crippen LogP contribution < -0.4 is 0 Å². The molecular formula is C13H24. The minimum atomic E-state index is 0.548. The summed E-state index contributed by atoms with van der Waals surface area (Å²) in [4.78, 5) is 0. The van der Waals surface area contributed by atoms with Crippen molar-refractivity contribution < 1.29 is 0 Å². The third kappa shape index (κ3) is 4.31. The van der Waals surface area contributed by atoms with E-state index >= 15 is 0 Å². The van der Waals surface area contributed by atoms with Gasteiger partial charge in [0.1, 0.15) is 0 Å². The zero-order valence-corrected chi connectivity index (χ0v) is 9.85. The molecule has 0 aromatic rings. The molecule has 0 aliphatic heterocycles. The van der Waals surface area contributed by atoms with Gasteiger partial charge in [0.15, 0.2) is 0 Å². The quantitative estimate of drug-likeness (QED) is 0.543. The van der Waals surface area contributed by atoms with E-state index in [4.69, 9.17) is 0 Å². The van der Waals surface area contributed by atoms with Gasteiger partial charge in [0, 0.05) is 0 Å². The van der Waals surface area contributed by atoms with E-state index in [1.165, 1.54) is 24.0 Å². The molecule has 13 heavy (non-hydrogen) atoms. The van der Waals surface area contributed by atoms with E-state index in [1.54, 1.807) is 0 Å². The standard InChI is InChI=1S/C13H24/c1-7-8-9-11(4)13(6)12(5)10(2)3/h9-10,13H,5,7-8H2,1-4,6H3. The second kappa shape index (κ2) is 6.01. The lowest BCUT2D eigenvalue weighted by Crippen LogP contribution is -2.05. The van der Waals surface area contributed by atoms with Gasteiger partial charge in [0.2, 0.25) is 0 Å². The summed E-state index contributed by atoms with van der Waals surface area (Å²) in [5.41, 5.74) is 2.82. The van der Waals surface area contributed by atoms with Crippen molar-refractivity contribution in [3.8, 4) is 0 Å². The zero-order valence-electron chi connectivity index (χ0n) is 9.85. The Morgan fingerprint density at radius 3 is 2.23 bits per heavy atom. The number of allylic oxidation sites excluding steroid dienone is 3. The lowest BCUT2D eigenvalue weighted by atomic mass is 9.87. The average molecular weight is 180 g/mol. The third-order valence-corrected chi connectivity index (χ3v) is 2.74. The predicted octanol–water partition coefficient (Wildman–Crippen LogP) is 4.58. The molecule has 1 unspecified atom stereocenters. The van der Waals surface area contributed by atoms with Crippen molar-refractivity contribution in [3.63, 3.8) is 0 Å². The van der Waals surface area contributed by atoms with Gasteiger partial charge in [-0.05, 0) is 25.2 Å². The smallest absolute Gasteiger partial charge is 0.00243 e. The maximum atomic E-state index is 4.14. The van der Waals surface area contributed by atoms with Crippen LogP contribution >= 0.6 is 0 Å². The Morgan fingerprint density at radius 2 is 1.85 bits per heavy atom. The molecule has 0 rings (SSSR count). The summed E-state index contributed by atoms with van der Waals surface area (Å²) in [7, 11) is 0. The van der Waals surface area contributed by atoms with Crippen LogP contribution in [-0.4, -0.2) is 0 Å². The summed E-state index contributed by atoms with van der Waals surface area (Å²) in [6, 6.07) is 0. The SMILES string of the molecule is C=C(C(C)C)C(C)C(C)=CCCC. The molecule has 0 saturated carbocycles. The van der Waals surface area contributed by atoms with Crippen LogP contribution in [0.3, 0.4) is 0 Å². The minimum Gasteiger partial charge on any atom is -0.0990 e. The first-order chi connectivity index (χ1) is 6.00. The summed E-state index contributed by atoms with van der Waals surface area (Å²) in [5.74, 6) is 1.14. The van der Waals surface area contributed by atoms with Crippen molar-refractivity contribution >= 4 is 0 Å². The molecule has 0 radical (unpaired) electrons. The van der Waals surface area contributed by atoms with E-state index in [1.807, 2.05) is 0 Å². The molecule has 0 saturated heterocycles. The van der Waals surface area contributed by atoms with Crippen LogP contribution in [-0.2, 0) is 0 Å². The van der Waals surface area contributed by atoms with Crippen LogP contribution in [0, 0.1) is 11.8 Å². The highest BCUT2D eigenvalue weighted by atomic mass is 14.2. The van der Waals surface area contributed by atoms with Crippen LogP contribution in [0.15, 0.2) is 23.8 Å². The molecule has 76 valence electrons. The van der Waals surface area contributed by atoms with Crippen LogP contribution in [0.1, 0.15) is 47.5 Å². The van der Waals surface area contributed by atoms with E-state index in [2.05, 4.69) is 47.3 Å². The highest BCUT2D eigenvalue weighted by molar-refractivity contribution is 5.17. The zero-order chi connectivity index (χ0) is 10.4. The fourth-order valence-corrected chi connectivity index (χ4v) is 1.34. The van der Waals surface area contributed by atoms with Gasteiger partial charge in [0.25, 0.3) is 0 Å². The van der Waals surface area contributed by atoms with E-state index in [-0.39, 0.29) is 0 Å². The minimum absolute atomic E-state index is 0.548. The number of unbranched alkanes of at least 4 members (excludes halogenated alkanes) is 1. The first-order valence-electron chi connectivity index (χ1n) is 5.36. The lowest BCUT2D eigenvalue weighted by Gasteiger charge is -2.18. The molecule has 0 aliphatic carbocycles. The van der Waals surface area contributed by atoms with Crippen LogP contribution in [0.2, 0.25) is 0 Å². The Bertz CT molecular complexity index is 184. The van der Waals surface area contributed by atoms with Gasteiger partial charge in [0.05, 0.1) is 0 Å². The molecule has 0 spiro atoms. The Hall–Kier alpha value is -0.520. The van der Waals surface area contributed by atoms with Gasteiger partial charge in [-0.1, -0.05) is 57.9 Å². The van der Waals surface area contributed by atoms with Crippen LogP contribution in [0.25, 0.3) is 0 Å². The topological polar surface area (TPSA) is 0 Å². The van der Waals surface area contributed by atoms with Crippen molar-refractivity contribution in [2.75, 3.05) is 0 Å². The molecular weight excluding hydrogens is 156 g/mol. The van der Waals surface area contributed by atoms with Gasteiger partial charge in [-0.2, -0.15) is 0 Å². The first kappa shape index (κ1) is 12.5. The monoisotopic (exact) mass is 180 g/mol. The molecule has 0 amide bonds. The fourth-order valence-electron chi connectivity index (χ4n) is 1.34. The molecule has 0 N–H and O–H groups in total. The first-order valence-corrected chi connectivity index (χ1v) is 5.36. The second-order valence-corrected chi connectivity index (χ2v) is 4.19. The van der Waals surface area contributed by atoms with E-state index < -0.39 is 0 Å². The van der Waals surface area contributed by atoms with E-state index in [9.17, 15) is 0 Å². The summed E-state index contributed by atoms with van der Waals surface area (Å²) >= 11 is 0. The van der Waals surface area contributed by atoms with Crippen LogP contribution in [0.5, 0.6) is 0 Å². The maximum absolute atomic E-state index is 4.14. The van der Waals surface area contributed by atoms with Crippen molar-refractivity contribution in [1.29, 1.82) is 0 Å². The molecule has 0 heteroatoms. The third-order valence-electron chi connectivity index (χ3n) is 2.74. The summed E-state index contributed by atoms with van der Waals surface area (Å²) in [5, 5.41) is 0. The molecule has 1 atom stereocenters. The number of hydrogen-bond acceptors (Lipinski definition) is 0. The largest absolute Gasteiger partial charge is 0.0990 e. The van der Waals surface area contributed by atoms with Gasteiger partial charge in [-0.15, -0.1) is 0 Å². The fraction of sp³-hybridized carbons (Fsp3) is 0.692. The second-order valence-electron chi connectivity index (χ2n) is 4.19. The average Bonchev–Trinajstić information content (AvgIpc) is 2.11. The van der Waals surface area contributed by atoms with Gasteiger partial charge >= 0.3 is 0 Å². The summed E-state index contributed by atoms with van der Waals surface area (Å²) < 4.78 is 0. The highest BCUT2D eigenvalue weighted by Crippen LogP contribution is 2.24. The van der Waals surface area contributed by atoms with E-state index in [0.29, 0.717) is 11.8 Å². The number of hydrogen-bond donors (Lipinski definition) is 0. The van der Waals surface area contributed by atoms with Crippen LogP contribution in [0.4, 0.5) is 0 Å². The van der Waals surface area contributed by atoms with Gasteiger partial charge < -0.3 is 0 Å². The van der Waals surface area contributed by atoms with Crippen molar-refractivity contribution in [2.45, 2.75) is 47.5 Å². The molecule has 0 bridgehead atoms. The predicted molar refractivity (Wildman–Crippen MR) is 61.8 cm³/mol. The summed E-state index contributed by atoms with van der Waals surface area (Å²) in [6.45, 7) is 15.3. The van der Waals surface area contributed by atoms with Gasteiger partial charge in [-0.25, -0.2) is 0 Å². The molecule has 0 aliphatic rings. The van der Waals surface area contributed by atoms with E-state index in [0.717, 1.165) is 0 Å². The lowest BCUT2D eigenvalue weighted by molar-refractivity contribution is 0.644.